The van der Waals surface area contributed by atoms with Gasteiger partial charge in [-0.1, -0.05) is 20.8 Å². The Morgan fingerprint density at radius 3 is 2.67 bits per heavy atom. The van der Waals surface area contributed by atoms with Crippen LogP contribution >= 0.6 is 24.2 Å². The van der Waals surface area contributed by atoms with Crippen LogP contribution in [0.15, 0.2) is 0 Å². The van der Waals surface area contributed by atoms with Crippen molar-refractivity contribution in [1.29, 1.82) is 0 Å². The van der Waals surface area contributed by atoms with Crippen molar-refractivity contribution in [1.82, 2.24) is 15.5 Å². The summed E-state index contributed by atoms with van der Waals surface area (Å²) in [5.41, 5.74) is -0.0409. The first-order valence-corrected chi connectivity index (χ1v) is 8.40. The SMILES string of the molecule is CC(C)(C)CC(=O)N1CSCC1C(=O)NC1CCNC1.Cl. The highest BCUT2D eigenvalue weighted by Gasteiger charge is 2.36. The Kier molecular flexibility index (Phi) is 6.81. The zero-order valence-electron chi connectivity index (χ0n) is 13.0. The maximum atomic E-state index is 12.3. The molecule has 2 N–H and O–H groups in total. The fourth-order valence-electron chi connectivity index (χ4n) is 2.54. The second-order valence-corrected chi connectivity index (χ2v) is 7.81. The van der Waals surface area contributed by atoms with Gasteiger partial charge in [0.15, 0.2) is 0 Å². The molecule has 0 aromatic heterocycles. The lowest BCUT2D eigenvalue weighted by molar-refractivity contribution is -0.139. The standard InChI is InChI=1S/C14H25N3O2S.ClH/c1-14(2,3)6-12(18)17-9-20-8-11(17)13(19)16-10-4-5-15-7-10;/h10-11,15H,4-9H2,1-3H3,(H,16,19);1H. The fourth-order valence-corrected chi connectivity index (χ4v) is 3.72. The molecule has 5 nitrogen and oxygen atoms in total. The number of nitrogens with one attached hydrogen (secondary N) is 2. The van der Waals surface area contributed by atoms with Crippen LogP contribution in [0.3, 0.4) is 0 Å². The summed E-state index contributed by atoms with van der Waals surface area (Å²) in [7, 11) is 0. The lowest BCUT2D eigenvalue weighted by Gasteiger charge is -2.27. The summed E-state index contributed by atoms with van der Waals surface area (Å²) in [6.07, 6.45) is 1.46. The molecule has 0 saturated carbocycles. The smallest absolute Gasteiger partial charge is 0.243 e. The molecular formula is C14H26ClN3O2S. The van der Waals surface area contributed by atoms with Gasteiger partial charge in [0.25, 0.3) is 0 Å². The Morgan fingerprint density at radius 2 is 2.10 bits per heavy atom. The topological polar surface area (TPSA) is 61.4 Å². The molecule has 2 fully saturated rings. The van der Waals surface area contributed by atoms with Crippen LogP contribution in [0.2, 0.25) is 0 Å². The van der Waals surface area contributed by atoms with Gasteiger partial charge in [0.05, 0.1) is 5.88 Å². The van der Waals surface area contributed by atoms with Crippen molar-refractivity contribution in [3.63, 3.8) is 0 Å². The van der Waals surface area contributed by atoms with Crippen LogP contribution in [0.5, 0.6) is 0 Å². The van der Waals surface area contributed by atoms with Crippen LogP contribution in [0.4, 0.5) is 0 Å². The Morgan fingerprint density at radius 1 is 1.38 bits per heavy atom. The van der Waals surface area contributed by atoms with E-state index in [0.29, 0.717) is 18.1 Å². The molecule has 2 rings (SSSR count). The normalized spacial score (nSPS) is 25.6. The van der Waals surface area contributed by atoms with Crippen LogP contribution in [0, 0.1) is 5.41 Å². The zero-order chi connectivity index (χ0) is 14.8. The second kappa shape index (κ2) is 7.70. The number of halogens is 1. The molecule has 0 aromatic carbocycles. The van der Waals surface area contributed by atoms with Gasteiger partial charge in [-0.3, -0.25) is 9.59 Å². The van der Waals surface area contributed by atoms with Gasteiger partial charge in [-0.15, -0.1) is 24.2 Å². The molecule has 2 aliphatic heterocycles. The molecule has 2 unspecified atom stereocenters. The third-order valence-electron chi connectivity index (χ3n) is 3.59. The molecular weight excluding hydrogens is 310 g/mol. The van der Waals surface area contributed by atoms with Crippen LogP contribution in [-0.4, -0.2) is 53.5 Å². The molecule has 2 heterocycles. The molecule has 7 heteroatoms. The predicted octanol–water partition coefficient (Wildman–Crippen LogP) is 1.22. The molecule has 0 bridgehead atoms. The highest BCUT2D eigenvalue weighted by atomic mass is 35.5. The average molecular weight is 336 g/mol. The molecule has 2 saturated heterocycles. The van der Waals surface area contributed by atoms with E-state index in [9.17, 15) is 9.59 Å². The number of thioether (sulfide) groups is 1. The fraction of sp³-hybridized carbons (Fsp3) is 0.857. The highest BCUT2D eigenvalue weighted by Crippen LogP contribution is 2.26. The monoisotopic (exact) mass is 335 g/mol. The van der Waals surface area contributed by atoms with E-state index >= 15 is 0 Å². The minimum atomic E-state index is -0.296. The highest BCUT2D eigenvalue weighted by molar-refractivity contribution is 7.99. The van der Waals surface area contributed by atoms with Gasteiger partial charge in [0.2, 0.25) is 11.8 Å². The lowest BCUT2D eigenvalue weighted by atomic mass is 9.91. The first kappa shape index (κ1) is 18.6. The summed E-state index contributed by atoms with van der Waals surface area (Å²) in [5, 5.41) is 6.29. The maximum absolute atomic E-state index is 12.3. The van der Waals surface area contributed by atoms with Gasteiger partial charge in [-0.25, -0.2) is 0 Å². The molecule has 0 radical (unpaired) electrons. The molecule has 2 atom stereocenters. The summed E-state index contributed by atoms with van der Waals surface area (Å²) in [6, 6.07) is -0.0804. The quantitative estimate of drug-likeness (QED) is 0.814. The van der Waals surface area contributed by atoms with Crippen LogP contribution in [0.25, 0.3) is 0 Å². The summed E-state index contributed by atoms with van der Waals surface area (Å²) in [5.74, 6) is 1.44. The summed E-state index contributed by atoms with van der Waals surface area (Å²) in [6.45, 7) is 7.94. The van der Waals surface area contributed by atoms with Crippen molar-refractivity contribution in [2.75, 3.05) is 24.7 Å². The summed E-state index contributed by atoms with van der Waals surface area (Å²) >= 11 is 1.66. The Balaban J connectivity index is 0.00000220. The van der Waals surface area contributed by atoms with E-state index in [1.54, 1.807) is 16.7 Å². The van der Waals surface area contributed by atoms with E-state index in [0.717, 1.165) is 19.5 Å². The number of hydrogen-bond donors (Lipinski definition) is 2. The number of amides is 2. The summed E-state index contributed by atoms with van der Waals surface area (Å²) < 4.78 is 0. The van der Waals surface area contributed by atoms with Gasteiger partial charge in [-0.05, 0) is 18.4 Å². The minimum absolute atomic E-state index is 0. The molecule has 122 valence electrons. The van der Waals surface area contributed by atoms with E-state index in [2.05, 4.69) is 10.6 Å². The van der Waals surface area contributed by atoms with Gasteiger partial charge in [-0.2, -0.15) is 0 Å². The lowest BCUT2D eigenvalue weighted by Crippen LogP contribution is -2.50. The minimum Gasteiger partial charge on any atom is -0.350 e. The van der Waals surface area contributed by atoms with Crippen molar-refractivity contribution in [2.24, 2.45) is 5.41 Å². The first-order valence-electron chi connectivity index (χ1n) is 7.25. The first-order chi connectivity index (χ1) is 9.37. The molecule has 2 amide bonds. The number of carbonyl (C=O) groups excluding carboxylic acids is 2. The van der Waals surface area contributed by atoms with E-state index in [1.165, 1.54) is 0 Å². The third kappa shape index (κ3) is 5.34. The van der Waals surface area contributed by atoms with E-state index in [1.807, 2.05) is 20.8 Å². The van der Waals surface area contributed by atoms with Crippen molar-refractivity contribution in [3.8, 4) is 0 Å². The second-order valence-electron chi connectivity index (χ2n) is 6.81. The molecule has 21 heavy (non-hydrogen) atoms. The van der Waals surface area contributed by atoms with Crippen LogP contribution in [0.1, 0.15) is 33.6 Å². The zero-order valence-corrected chi connectivity index (χ0v) is 14.6. The van der Waals surface area contributed by atoms with Gasteiger partial charge < -0.3 is 15.5 Å². The van der Waals surface area contributed by atoms with Crippen LogP contribution in [-0.2, 0) is 9.59 Å². The number of carbonyl (C=O) groups is 2. The third-order valence-corrected chi connectivity index (χ3v) is 4.61. The number of rotatable bonds is 3. The van der Waals surface area contributed by atoms with Gasteiger partial charge in [0, 0.05) is 24.8 Å². The molecule has 0 aromatic rings. The van der Waals surface area contributed by atoms with Gasteiger partial charge >= 0.3 is 0 Å². The van der Waals surface area contributed by atoms with E-state index < -0.39 is 0 Å². The molecule has 0 aliphatic carbocycles. The average Bonchev–Trinajstić information content (AvgIpc) is 2.96. The van der Waals surface area contributed by atoms with E-state index in [4.69, 9.17) is 0 Å². The molecule has 2 aliphatic rings. The Labute approximate surface area is 137 Å². The van der Waals surface area contributed by atoms with Gasteiger partial charge in [0.1, 0.15) is 6.04 Å². The van der Waals surface area contributed by atoms with E-state index in [-0.39, 0.29) is 41.7 Å². The van der Waals surface area contributed by atoms with Crippen LogP contribution < -0.4 is 10.6 Å². The number of nitrogens with zero attached hydrogens (tertiary/aromatic N) is 1. The van der Waals surface area contributed by atoms with Crippen molar-refractivity contribution >= 4 is 36.0 Å². The van der Waals surface area contributed by atoms with Crippen molar-refractivity contribution in [3.05, 3.63) is 0 Å². The Bertz CT molecular complexity index is 381. The number of hydrogen-bond acceptors (Lipinski definition) is 4. The van der Waals surface area contributed by atoms with Crippen molar-refractivity contribution < 1.29 is 9.59 Å². The maximum Gasteiger partial charge on any atom is 0.243 e. The largest absolute Gasteiger partial charge is 0.350 e. The predicted molar refractivity (Wildman–Crippen MR) is 88.7 cm³/mol. The Hall–Kier alpha value is -0.460. The summed E-state index contributed by atoms with van der Waals surface area (Å²) in [4.78, 5) is 26.4. The van der Waals surface area contributed by atoms with Crippen molar-refractivity contribution in [2.45, 2.75) is 45.7 Å². The molecule has 0 spiro atoms.